The second-order valence-corrected chi connectivity index (χ2v) is 7.34. The van der Waals surface area contributed by atoms with Gasteiger partial charge in [0.2, 0.25) is 0 Å². The quantitative estimate of drug-likeness (QED) is 0.589. The molecule has 0 spiro atoms. The van der Waals surface area contributed by atoms with Crippen LogP contribution in [0, 0.1) is 13.8 Å². The Morgan fingerprint density at radius 3 is 2.36 bits per heavy atom. The van der Waals surface area contributed by atoms with Gasteiger partial charge in [0.25, 0.3) is 0 Å². The van der Waals surface area contributed by atoms with Crippen LogP contribution >= 0.6 is 0 Å². The highest BCUT2D eigenvalue weighted by Gasteiger charge is 2.13. The van der Waals surface area contributed by atoms with Gasteiger partial charge in [-0.2, -0.15) is 0 Å². The SMILES string of the molecule is Cc1ccc(-c2cccnc2CNC(CCCN)Cc2ncccc2C)cc1. The molecular formula is C24H30N4. The molecule has 28 heavy (non-hydrogen) atoms. The van der Waals surface area contributed by atoms with Crippen LogP contribution in [0.25, 0.3) is 11.1 Å². The third-order valence-electron chi connectivity index (χ3n) is 5.13. The molecule has 1 unspecified atom stereocenters. The second-order valence-electron chi connectivity index (χ2n) is 7.34. The molecule has 0 aliphatic rings. The molecule has 3 rings (SSSR count). The maximum atomic E-state index is 5.76. The molecule has 1 aromatic carbocycles. The fourth-order valence-electron chi connectivity index (χ4n) is 3.42. The zero-order valence-corrected chi connectivity index (χ0v) is 16.9. The van der Waals surface area contributed by atoms with Gasteiger partial charge in [0.05, 0.1) is 5.69 Å². The van der Waals surface area contributed by atoms with Gasteiger partial charge in [-0.05, 0) is 56.5 Å². The van der Waals surface area contributed by atoms with E-state index in [1.165, 1.54) is 22.3 Å². The highest BCUT2D eigenvalue weighted by Crippen LogP contribution is 2.23. The van der Waals surface area contributed by atoms with Gasteiger partial charge in [-0.25, -0.2) is 0 Å². The summed E-state index contributed by atoms with van der Waals surface area (Å²) in [4.78, 5) is 9.22. The van der Waals surface area contributed by atoms with E-state index in [9.17, 15) is 0 Å². The summed E-state index contributed by atoms with van der Waals surface area (Å²) in [6.45, 7) is 5.66. The lowest BCUT2D eigenvalue weighted by Gasteiger charge is -2.20. The minimum Gasteiger partial charge on any atom is -0.330 e. The van der Waals surface area contributed by atoms with Crippen LogP contribution in [-0.2, 0) is 13.0 Å². The topological polar surface area (TPSA) is 63.8 Å². The summed E-state index contributed by atoms with van der Waals surface area (Å²) >= 11 is 0. The number of benzene rings is 1. The third kappa shape index (κ3) is 5.47. The lowest BCUT2D eigenvalue weighted by atomic mass is 10.0. The van der Waals surface area contributed by atoms with Crippen molar-refractivity contribution in [1.82, 2.24) is 15.3 Å². The van der Waals surface area contributed by atoms with E-state index < -0.39 is 0 Å². The van der Waals surface area contributed by atoms with Gasteiger partial charge >= 0.3 is 0 Å². The molecule has 0 amide bonds. The van der Waals surface area contributed by atoms with Crippen molar-refractivity contribution in [2.75, 3.05) is 6.54 Å². The van der Waals surface area contributed by atoms with Crippen molar-refractivity contribution in [1.29, 1.82) is 0 Å². The van der Waals surface area contributed by atoms with E-state index in [-0.39, 0.29) is 0 Å². The van der Waals surface area contributed by atoms with Gasteiger partial charge in [0, 0.05) is 42.7 Å². The van der Waals surface area contributed by atoms with E-state index in [0.29, 0.717) is 12.6 Å². The number of pyridine rings is 2. The van der Waals surface area contributed by atoms with Crippen molar-refractivity contribution in [3.8, 4) is 11.1 Å². The predicted molar refractivity (Wildman–Crippen MR) is 116 cm³/mol. The van der Waals surface area contributed by atoms with E-state index >= 15 is 0 Å². The first-order valence-corrected chi connectivity index (χ1v) is 10.0. The normalized spacial score (nSPS) is 12.1. The van der Waals surface area contributed by atoms with Crippen LogP contribution < -0.4 is 11.1 Å². The average Bonchev–Trinajstić information content (AvgIpc) is 2.72. The lowest BCUT2D eigenvalue weighted by Crippen LogP contribution is -2.32. The monoisotopic (exact) mass is 374 g/mol. The Balaban J connectivity index is 1.74. The summed E-state index contributed by atoms with van der Waals surface area (Å²) in [6, 6.07) is 17.2. The molecule has 0 aliphatic heterocycles. The van der Waals surface area contributed by atoms with Crippen LogP contribution in [0.4, 0.5) is 0 Å². The molecule has 2 heterocycles. The molecule has 3 N–H and O–H groups in total. The highest BCUT2D eigenvalue weighted by atomic mass is 14.9. The number of aromatic nitrogens is 2. The molecule has 0 saturated carbocycles. The molecule has 1 atom stereocenters. The summed E-state index contributed by atoms with van der Waals surface area (Å²) in [5.74, 6) is 0. The number of nitrogens with one attached hydrogen (secondary N) is 1. The number of aryl methyl sites for hydroxylation is 2. The number of nitrogens with zero attached hydrogens (tertiary/aromatic N) is 2. The summed E-state index contributed by atoms with van der Waals surface area (Å²) in [7, 11) is 0. The van der Waals surface area contributed by atoms with Crippen LogP contribution in [-0.4, -0.2) is 22.6 Å². The average molecular weight is 375 g/mol. The highest BCUT2D eigenvalue weighted by molar-refractivity contribution is 5.66. The molecule has 4 nitrogen and oxygen atoms in total. The summed E-state index contributed by atoms with van der Waals surface area (Å²) in [6.07, 6.45) is 6.66. The van der Waals surface area contributed by atoms with E-state index in [0.717, 1.165) is 37.2 Å². The van der Waals surface area contributed by atoms with Gasteiger partial charge in [-0.3, -0.25) is 9.97 Å². The number of nitrogens with two attached hydrogens (primary N) is 1. The minimum absolute atomic E-state index is 0.324. The van der Waals surface area contributed by atoms with Crippen molar-refractivity contribution in [3.05, 3.63) is 83.4 Å². The van der Waals surface area contributed by atoms with Gasteiger partial charge in [-0.1, -0.05) is 42.0 Å². The fraction of sp³-hybridized carbons (Fsp3) is 0.333. The zero-order valence-electron chi connectivity index (χ0n) is 16.9. The Kier molecular flexibility index (Phi) is 7.29. The first kappa shape index (κ1) is 20.2. The summed E-state index contributed by atoms with van der Waals surface area (Å²) < 4.78 is 0. The van der Waals surface area contributed by atoms with Crippen molar-refractivity contribution < 1.29 is 0 Å². The third-order valence-corrected chi connectivity index (χ3v) is 5.13. The number of rotatable bonds is 9. The summed E-state index contributed by atoms with van der Waals surface area (Å²) in [5, 5.41) is 3.71. The lowest BCUT2D eigenvalue weighted by molar-refractivity contribution is 0.459. The minimum atomic E-state index is 0.324. The Morgan fingerprint density at radius 1 is 0.929 bits per heavy atom. The van der Waals surface area contributed by atoms with E-state index in [4.69, 9.17) is 5.73 Å². The van der Waals surface area contributed by atoms with Crippen molar-refractivity contribution in [2.24, 2.45) is 5.73 Å². The van der Waals surface area contributed by atoms with E-state index in [2.05, 4.69) is 65.5 Å². The Hall–Kier alpha value is -2.56. The molecule has 146 valence electrons. The first-order valence-electron chi connectivity index (χ1n) is 10.0. The van der Waals surface area contributed by atoms with E-state index in [1.54, 1.807) is 0 Å². The second kappa shape index (κ2) is 10.1. The first-order chi connectivity index (χ1) is 13.7. The van der Waals surface area contributed by atoms with Crippen molar-refractivity contribution in [3.63, 3.8) is 0 Å². The van der Waals surface area contributed by atoms with Gasteiger partial charge < -0.3 is 11.1 Å². The number of hydrogen-bond acceptors (Lipinski definition) is 4. The van der Waals surface area contributed by atoms with Crippen LogP contribution in [0.5, 0.6) is 0 Å². The van der Waals surface area contributed by atoms with E-state index in [1.807, 2.05) is 24.5 Å². The number of hydrogen-bond donors (Lipinski definition) is 2. The largest absolute Gasteiger partial charge is 0.330 e. The maximum absolute atomic E-state index is 5.76. The molecule has 0 fully saturated rings. The summed E-state index contributed by atoms with van der Waals surface area (Å²) in [5.41, 5.74) is 12.9. The van der Waals surface area contributed by atoms with Crippen LogP contribution in [0.1, 0.15) is 35.4 Å². The molecule has 2 aromatic heterocycles. The predicted octanol–water partition coefficient (Wildman–Crippen LogP) is 4.20. The standard InChI is InChI=1S/C24H30N4/c1-18-9-11-20(12-10-18)22-8-5-15-27-24(22)17-28-21(7-3-13-25)16-23-19(2)6-4-14-26-23/h4-6,8-12,14-15,21,28H,3,7,13,16-17,25H2,1-2H3. The molecule has 0 bridgehead atoms. The Bertz CT molecular complexity index is 874. The Morgan fingerprint density at radius 2 is 1.64 bits per heavy atom. The smallest absolute Gasteiger partial charge is 0.0619 e. The maximum Gasteiger partial charge on any atom is 0.0619 e. The molecule has 4 heteroatoms. The Labute approximate surface area is 168 Å². The molecule has 3 aromatic rings. The molecular weight excluding hydrogens is 344 g/mol. The van der Waals surface area contributed by atoms with Crippen molar-refractivity contribution in [2.45, 2.75) is 45.7 Å². The fourth-order valence-corrected chi connectivity index (χ4v) is 3.42. The van der Waals surface area contributed by atoms with Crippen LogP contribution in [0.3, 0.4) is 0 Å². The van der Waals surface area contributed by atoms with Crippen LogP contribution in [0.15, 0.2) is 60.9 Å². The van der Waals surface area contributed by atoms with Gasteiger partial charge in [-0.15, -0.1) is 0 Å². The molecule has 0 radical (unpaired) electrons. The molecule has 0 aliphatic carbocycles. The van der Waals surface area contributed by atoms with Crippen molar-refractivity contribution >= 4 is 0 Å². The zero-order chi connectivity index (χ0) is 19.8. The molecule has 0 saturated heterocycles. The van der Waals surface area contributed by atoms with Gasteiger partial charge in [0.1, 0.15) is 0 Å². The van der Waals surface area contributed by atoms with Crippen LogP contribution in [0.2, 0.25) is 0 Å². The van der Waals surface area contributed by atoms with Gasteiger partial charge in [0.15, 0.2) is 0 Å².